The summed E-state index contributed by atoms with van der Waals surface area (Å²) in [4.78, 5) is 138. The molecular formula is C75H127N9O44. The number of aliphatic hydroxyl groups excluding tert-OH is 21. The number of hydrogen-bond acceptors (Lipinski definition) is 45. The Balaban J connectivity index is 0.901. The molecule has 53 heteroatoms. The minimum atomic E-state index is -2.05. The Morgan fingerprint density at radius 2 is 0.758 bits per heavy atom. The molecule has 0 aromatic carbocycles. The van der Waals surface area contributed by atoms with Crippen LogP contribution in [0.1, 0.15) is 96.8 Å². The van der Waals surface area contributed by atoms with Crippen LogP contribution in [0.2, 0.25) is 0 Å². The molecule has 7 aliphatic rings. The number of carbonyl (C=O) groups is 10. The molecule has 128 heavy (non-hydrogen) atoms. The first kappa shape index (κ1) is 109. The molecule has 27 N–H and O–H groups in total. The van der Waals surface area contributed by atoms with Crippen LogP contribution in [0.4, 0.5) is 0 Å². The smallest absolute Gasteiger partial charge is 0.333 e. The lowest BCUT2D eigenvalue weighted by Crippen LogP contribution is -2.65. The van der Waals surface area contributed by atoms with E-state index in [0.717, 1.165) is 4.90 Å². The van der Waals surface area contributed by atoms with Crippen molar-refractivity contribution in [3.05, 3.63) is 0 Å². The van der Waals surface area contributed by atoms with E-state index in [-0.39, 0.29) is 117 Å². The Bertz CT molecular complexity index is 3370. The van der Waals surface area contributed by atoms with Crippen molar-refractivity contribution in [2.75, 3.05) is 125 Å². The van der Waals surface area contributed by atoms with Crippen LogP contribution in [0, 0.1) is 0 Å². The third-order valence-corrected chi connectivity index (χ3v) is 21.9. The number of carbonyl (C=O) groups excluding carboxylic acids is 10. The van der Waals surface area contributed by atoms with Gasteiger partial charge in [-0.25, -0.2) is 4.79 Å². The predicted octanol–water partition coefficient (Wildman–Crippen LogP) is -16.6. The highest BCUT2D eigenvalue weighted by Gasteiger charge is 2.54. The van der Waals surface area contributed by atoms with Crippen molar-refractivity contribution in [2.24, 2.45) is 0 Å². The highest BCUT2D eigenvalue weighted by Crippen LogP contribution is 2.33. The second kappa shape index (κ2) is 54.6. The number of unbranched alkanes of at least 4 members (excludes halogenated alkanes) is 5. The third kappa shape index (κ3) is 32.4. The fourth-order valence-corrected chi connectivity index (χ4v) is 14.3. The van der Waals surface area contributed by atoms with Crippen molar-refractivity contribution < 1.29 is 217 Å². The van der Waals surface area contributed by atoms with Crippen molar-refractivity contribution in [1.29, 1.82) is 0 Å². The summed E-state index contributed by atoms with van der Waals surface area (Å²) >= 11 is 0. The number of imide groups is 1. The van der Waals surface area contributed by atoms with Crippen LogP contribution in [0.5, 0.6) is 0 Å². The SMILES string of the molecule is C[C@@H]1O[C@@H](OCCNC(=O)CN(CC(=O)NCCCCCNC(=O)C[C@H](NC(=O)CCCCC(=O)ON2C(=O)CCC2=O)C(=O)NCCCCCC(=O)N(CCO[C@H]2O[C@H](CO)[C@@H](O)[C@H](O)[C@@H]2O)CCO[C@H]2O[C@H](CO)[C@@H](O)[C@H](O)[C@@H]2O)CC(=O)NCCO[C@H]2O[C@H](CO[C@H]3O[C@H](CO)[C@@H](O)[C@H](O)[C@@H]3O)[C@@H](O)[C@H](O[C@H]3O[C@H](CO)[C@@H](O)[C@H](O)[C@@H]3O)[C@@H]2O)[C@@H](O)[C@H](O)[C@@H]1O. The standard InChI is InChI=1S/C75H127N9O44/c1-35-51(98)57(104)62(109)70(121-35)116-22-18-78-45(92)28-82(29-46(93)79-19-23-117-74-67(114)68(127-75-66(113)61(108)55(102)40(33-88)125-75)56(103)41(126-74)34-120-73-65(112)60(107)54(101)39(32-87)124-73)27-44(91)77-16-9-3-8-15-76-43(90)26-36(81-42(89)10-5-6-12-50(97)128-84-48(95)13-14-49(84)96)69(115)80-17-7-2-4-11-47(94)83(20-24-118-71-63(110)58(105)52(99)37(30-85)122-71)21-25-119-72-64(111)59(106)53(100)38(31-86)123-72/h35-41,51-68,70-75,85-88,98-114H,2-34H2,1H3,(H,76,90)(H,77,91)(H,78,92)(H,79,93)(H,80,115)(H,81,89)/t35-,36-,37+,38+,39+,40+,41+,51+,52+,53+,54+,55+,56+,57+,58-,59-,60-,61-,62-,63-,64-,65-,66-,67-,68-,70+,71-,72-,73-,74-,75+/m0/s1. The van der Waals surface area contributed by atoms with Crippen LogP contribution in [0.15, 0.2) is 0 Å². The van der Waals surface area contributed by atoms with E-state index >= 15 is 0 Å². The second-order valence-electron chi connectivity index (χ2n) is 31.6. The van der Waals surface area contributed by atoms with Crippen LogP contribution in [0.25, 0.3) is 0 Å². The fourth-order valence-electron chi connectivity index (χ4n) is 14.3. The second-order valence-corrected chi connectivity index (χ2v) is 31.6. The summed E-state index contributed by atoms with van der Waals surface area (Å²) < 4.78 is 66.5. The van der Waals surface area contributed by atoms with Gasteiger partial charge in [0.25, 0.3) is 11.8 Å². The molecule has 0 aromatic heterocycles. The van der Waals surface area contributed by atoms with Gasteiger partial charge in [-0.15, -0.1) is 5.06 Å². The summed E-state index contributed by atoms with van der Waals surface area (Å²) in [6.45, 7) is -6.95. The molecule has 0 unspecified atom stereocenters. The van der Waals surface area contributed by atoms with Crippen molar-refractivity contribution in [3.8, 4) is 0 Å². The molecule has 9 amide bonds. The zero-order valence-corrected chi connectivity index (χ0v) is 70.4. The molecule has 7 aliphatic heterocycles. The molecule has 0 aromatic rings. The molecule has 7 fully saturated rings. The maximum absolute atomic E-state index is 13.8. The number of nitrogens with one attached hydrogen (secondary N) is 6. The predicted molar refractivity (Wildman–Crippen MR) is 415 cm³/mol. The highest BCUT2D eigenvalue weighted by molar-refractivity contribution is 6.01. The summed E-state index contributed by atoms with van der Waals surface area (Å²) in [5.41, 5.74) is 0. The number of hydrogen-bond donors (Lipinski definition) is 27. The highest BCUT2D eigenvalue weighted by atomic mass is 16.8. The summed E-state index contributed by atoms with van der Waals surface area (Å²) in [6, 6.07) is -1.46. The number of hydroxylamine groups is 2. The van der Waals surface area contributed by atoms with Crippen LogP contribution in [-0.4, -0.2) is 496 Å². The molecule has 736 valence electrons. The van der Waals surface area contributed by atoms with Gasteiger partial charge in [0, 0.05) is 77.9 Å². The Morgan fingerprint density at radius 3 is 1.23 bits per heavy atom. The van der Waals surface area contributed by atoms with E-state index in [4.69, 9.17) is 61.7 Å². The van der Waals surface area contributed by atoms with Gasteiger partial charge in [-0.3, -0.25) is 48.1 Å². The lowest BCUT2D eigenvalue weighted by Gasteiger charge is -2.46. The van der Waals surface area contributed by atoms with Crippen molar-refractivity contribution in [3.63, 3.8) is 0 Å². The Kier molecular flexibility index (Phi) is 46.3. The third-order valence-electron chi connectivity index (χ3n) is 21.9. The van der Waals surface area contributed by atoms with E-state index in [1.165, 1.54) is 11.8 Å². The fraction of sp³-hybridized carbons (Fsp3) is 0.867. The summed E-state index contributed by atoms with van der Waals surface area (Å²) in [5, 5.41) is 233. The zero-order valence-electron chi connectivity index (χ0n) is 70.4. The maximum Gasteiger partial charge on any atom is 0.333 e. The molecule has 0 spiro atoms. The van der Waals surface area contributed by atoms with Gasteiger partial charge in [-0.1, -0.05) is 6.42 Å². The van der Waals surface area contributed by atoms with Gasteiger partial charge in [0.05, 0.1) is 91.6 Å². The Labute approximate surface area is 732 Å². The Hall–Kier alpha value is -6.46. The van der Waals surface area contributed by atoms with Crippen molar-refractivity contribution in [2.45, 2.75) is 287 Å². The van der Waals surface area contributed by atoms with Crippen LogP contribution < -0.4 is 31.9 Å². The van der Waals surface area contributed by atoms with E-state index in [0.29, 0.717) is 30.7 Å². The normalized spacial score (nSPS) is 34.1. The van der Waals surface area contributed by atoms with Gasteiger partial charge in [-0.05, 0) is 51.9 Å². The molecule has 31 atom stereocenters. The van der Waals surface area contributed by atoms with Gasteiger partial charge in [0.1, 0.15) is 146 Å². The zero-order chi connectivity index (χ0) is 94.2. The topological polar surface area (TPSA) is 797 Å². The van der Waals surface area contributed by atoms with E-state index in [1.807, 2.05) is 0 Å². The first-order chi connectivity index (χ1) is 60.9. The molecule has 0 saturated carbocycles. The summed E-state index contributed by atoms with van der Waals surface area (Å²) in [5.74, 6) is -7.20. The largest absolute Gasteiger partial charge is 0.394 e. The van der Waals surface area contributed by atoms with E-state index in [2.05, 4.69) is 31.9 Å². The molecule has 7 saturated heterocycles. The van der Waals surface area contributed by atoms with Crippen LogP contribution >= 0.6 is 0 Å². The van der Waals surface area contributed by atoms with E-state index in [1.54, 1.807) is 0 Å². The number of ether oxygens (including phenoxy) is 12. The monoisotopic (exact) mass is 1860 g/mol. The van der Waals surface area contributed by atoms with Crippen molar-refractivity contribution >= 4 is 59.1 Å². The average Bonchev–Trinajstić information content (AvgIpc) is 1.08. The molecule has 7 heterocycles. The van der Waals surface area contributed by atoms with Gasteiger partial charge in [0.15, 0.2) is 37.7 Å². The number of aliphatic hydroxyl groups is 21. The molecule has 53 nitrogen and oxygen atoms in total. The maximum atomic E-state index is 13.8. The lowest BCUT2D eigenvalue weighted by atomic mass is 9.96. The number of nitrogens with zero attached hydrogens (tertiary/aromatic N) is 3. The minimum Gasteiger partial charge on any atom is -0.394 e. The molecule has 0 aliphatic carbocycles. The molecule has 7 rings (SSSR count). The lowest BCUT2D eigenvalue weighted by molar-refractivity contribution is -0.366. The van der Waals surface area contributed by atoms with Crippen molar-refractivity contribution in [1.82, 2.24) is 46.8 Å². The van der Waals surface area contributed by atoms with Gasteiger partial charge < -0.3 is 206 Å². The van der Waals surface area contributed by atoms with E-state index < -0.39 is 322 Å². The summed E-state index contributed by atoms with van der Waals surface area (Å²) in [7, 11) is 0. The Morgan fingerprint density at radius 1 is 0.383 bits per heavy atom. The minimum absolute atomic E-state index is 0.0234. The molecular weight excluding hydrogens is 1730 g/mol. The van der Waals surface area contributed by atoms with E-state index in [9.17, 15) is 155 Å². The summed E-state index contributed by atoms with van der Waals surface area (Å²) in [6.07, 6.45) is -50.3. The first-order valence-corrected chi connectivity index (χ1v) is 42.3. The van der Waals surface area contributed by atoms with Gasteiger partial charge in [0.2, 0.25) is 41.4 Å². The van der Waals surface area contributed by atoms with Gasteiger partial charge in [-0.2, -0.15) is 0 Å². The van der Waals surface area contributed by atoms with Crippen LogP contribution in [-0.2, 0) is 110 Å². The average molecular weight is 1860 g/mol. The number of amides is 9. The first-order valence-electron chi connectivity index (χ1n) is 42.3. The molecule has 0 bridgehead atoms. The molecule has 0 radical (unpaired) electrons. The van der Waals surface area contributed by atoms with Crippen LogP contribution in [0.3, 0.4) is 0 Å². The number of rotatable bonds is 53. The van der Waals surface area contributed by atoms with Gasteiger partial charge >= 0.3 is 5.97 Å². The quantitative estimate of drug-likeness (QED) is 0.0199.